The molecule has 1 heterocycles. The fourth-order valence-corrected chi connectivity index (χ4v) is 4.38. The SMILES string of the molecule is CC.CC1=C(/C=C/C(C)=C/C=C/C(C)=C\C(=O)Nc2ccccc2)C(C)(C)CCC1c1cnc(F)cn1. The minimum absolute atomic E-state index is 0.0477. The number of halogens is 1. The Morgan fingerprint density at radius 2 is 1.76 bits per heavy atom. The fourth-order valence-electron chi connectivity index (χ4n) is 4.38. The first kappa shape index (κ1) is 29.6. The van der Waals surface area contributed by atoms with Crippen molar-refractivity contribution in [3.63, 3.8) is 0 Å². The van der Waals surface area contributed by atoms with E-state index in [0.717, 1.165) is 35.4 Å². The van der Waals surface area contributed by atoms with Gasteiger partial charge in [-0.1, -0.05) is 87.4 Å². The van der Waals surface area contributed by atoms with Crippen LogP contribution >= 0.6 is 0 Å². The number of rotatable bonds is 7. The molecule has 1 aliphatic rings. The third-order valence-corrected chi connectivity index (χ3v) is 6.36. The molecule has 3 rings (SSSR count). The van der Waals surface area contributed by atoms with Gasteiger partial charge in [0.15, 0.2) is 0 Å². The first-order chi connectivity index (χ1) is 17.7. The maximum Gasteiger partial charge on any atom is 0.248 e. The van der Waals surface area contributed by atoms with Crippen LogP contribution < -0.4 is 5.32 Å². The third-order valence-electron chi connectivity index (χ3n) is 6.36. The molecular weight excluding hydrogens is 461 g/mol. The van der Waals surface area contributed by atoms with Crippen LogP contribution in [0.3, 0.4) is 0 Å². The van der Waals surface area contributed by atoms with Gasteiger partial charge in [0.05, 0.1) is 18.1 Å². The van der Waals surface area contributed by atoms with Gasteiger partial charge in [-0.2, -0.15) is 4.39 Å². The van der Waals surface area contributed by atoms with E-state index in [9.17, 15) is 9.18 Å². The van der Waals surface area contributed by atoms with E-state index in [1.807, 2.05) is 69.3 Å². The van der Waals surface area contributed by atoms with Crippen LogP contribution in [0.2, 0.25) is 0 Å². The van der Waals surface area contributed by atoms with E-state index in [1.54, 1.807) is 12.3 Å². The summed E-state index contributed by atoms with van der Waals surface area (Å²) < 4.78 is 13.2. The van der Waals surface area contributed by atoms with Crippen LogP contribution in [0.5, 0.6) is 0 Å². The number of allylic oxidation sites excluding steroid dienone is 9. The summed E-state index contributed by atoms with van der Waals surface area (Å²) in [5, 5.41) is 2.85. The van der Waals surface area contributed by atoms with E-state index >= 15 is 0 Å². The molecule has 37 heavy (non-hydrogen) atoms. The van der Waals surface area contributed by atoms with Crippen molar-refractivity contribution in [1.29, 1.82) is 0 Å². The molecule has 1 aliphatic carbocycles. The monoisotopic (exact) mass is 501 g/mol. The number of carbonyl (C=O) groups is 1. The Kier molecular flexibility index (Phi) is 11.4. The Morgan fingerprint density at radius 1 is 1.05 bits per heavy atom. The zero-order valence-electron chi connectivity index (χ0n) is 23.2. The Hall–Kier alpha value is -3.60. The van der Waals surface area contributed by atoms with Crippen molar-refractivity contribution in [2.75, 3.05) is 5.32 Å². The van der Waals surface area contributed by atoms with Gasteiger partial charge >= 0.3 is 0 Å². The maximum atomic E-state index is 13.2. The summed E-state index contributed by atoms with van der Waals surface area (Å²) in [6, 6.07) is 9.39. The molecule has 1 amide bonds. The molecule has 1 N–H and O–H groups in total. The largest absolute Gasteiger partial charge is 0.323 e. The van der Waals surface area contributed by atoms with Crippen molar-refractivity contribution >= 4 is 11.6 Å². The summed E-state index contributed by atoms with van der Waals surface area (Å²) in [5.74, 6) is -0.557. The number of amides is 1. The molecule has 0 saturated heterocycles. The normalized spacial score (nSPS) is 18.1. The van der Waals surface area contributed by atoms with Crippen LogP contribution in [-0.2, 0) is 4.79 Å². The highest BCUT2D eigenvalue weighted by molar-refractivity contribution is 5.99. The Bertz CT molecular complexity index is 1190. The van der Waals surface area contributed by atoms with Crippen LogP contribution in [0.4, 0.5) is 10.1 Å². The lowest BCUT2D eigenvalue weighted by molar-refractivity contribution is -0.111. The molecule has 1 atom stereocenters. The van der Waals surface area contributed by atoms with Crippen molar-refractivity contribution in [3.05, 3.63) is 113 Å². The summed E-state index contributed by atoms with van der Waals surface area (Å²) in [5.41, 5.74) is 6.14. The van der Waals surface area contributed by atoms with Crippen LogP contribution in [0.1, 0.15) is 72.9 Å². The Labute approximate surface area is 221 Å². The maximum absolute atomic E-state index is 13.2. The molecule has 0 fully saturated rings. The van der Waals surface area contributed by atoms with Gasteiger partial charge < -0.3 is 5.32 Å². The van der Waals surface area contributed by atoms with E-state index in [-0.39, 0.29) is 17.2 Å². The molecule has 0 saturated carbocycles. The molecular formula is C32H40FN3O. The summed E-state index contributed by atoms with van der Waals surface area (Å²) in [7, 11) is 0. The number of anilines is 1. The zero-order chi connectivity index (χ0) is 27.4. The molecule has 4 nitrogen and oxygen atoms in total. The number of carbonyl (C=O) groups excluding carboxylic acids is 1. The topological polar surface area (TPSA) is 54.9 Å². The van der Waals surface area contributed by atoms with Crippen molar-refractivity contribution in [2.24, 2.45) is 5.41 Å². The second kappa shape index (κ2) is 14.2. The lowest BCUT2D eigenvalue weighted by Crippen LogP contribution is -2.24. The highest BCUT2D eigenvalue weighted by Crippen LogP contribution is 2.46. The van der Waals surface area contributed by atoms with Crippen LogP contribution in [0.25, 0.3) is 0 Å². The zero-order valence-corrected chi connectivity index (χ0v) is 23.2. The predicted molar refractivity (Wildman–Crippen MR) is 153 cm³/mol. The molecule has 0 aliphatic heterocycles. The van der Waals surface area contributed by atoms with Crippen molar-refractivity contribution in [3.8, 4) is 0 Å². The Balaban J connectivity index is 0.00000235. The van der Waals surface area contributed by atoms with Gasteiger partial charge in [0.25, 0.3) is 0 Å². The second-order valence-corrected chi connectivity index (χ2v) is 9.68. The molecule has 1 unspecified atom stereocenters. The van der Waals surface area contributed by atoms with Gasteiger partial charge in [0.1, 0.15) is 0 Å². The highest BCUT2D eigenvalue weighted by Gasteiger charge is 2.33. The summed E-state index contributed by atoms with van der Waals surface area (Å²) in [4.78, 5) is 20.2. The number of benzene rings is 1. The van der Waals surface area contributed by atoms with Crippen LogP contribution in [0.15, 0.2) is 101 Å². The first-order valence-electron chi connectivity index (χ1n) is 12.9. The van der Waals surface area contributed by atoms with Gasteiger partial charge in [-0.3, -0.25) is 9.78 Å². The third kappa shape index (κ3) is 9.09. The number of para-hydroxylation sites is 1. The average molecular weight is 502 g/mol. The lowest BCUT2D eigenvalue weighted by atomic mass is 9.68. The smallest absolute Gasteiger partial charge is 0.248 e. The minimum Gasteiger partial charge on any atom is -0.323 e. The van der Waals surface area contributed by atoms with Gasteiger partial charge in [0, 0.05) is 17.7 Å². The van der Waals surface area contributed by atoms with Crippen molar-refractivity contribution in [1.82, 2.24) is 9.97 Å². The standard InChI is InChI=1S/C30H34FN3O.C2H6/c1-21(10-9-11-22(2)18-29(35)34-24-12-7-6-8-13-24)14-15-26-23(3)25(16-17-30(26,4)5)27-19-33-28(31)20-32-27;1-2/h6-15,18-20,25H,16-17H2,1-5H3,(H,34,35);1-2H3/b11-9+,15-14+,21-10+,22-18-;. The van der Waals surface area contributed by atoms with E-state index in [4.69, 9.17) is 0 Å². The van der Waals surface area contributed by atoms with Crippen LogP contribution in [-0.4, -0.2) is 15.9 Å². The number of nitrogens with zero attached hydrogens (tertiary/aromatic N) is 2. The van der Waals surface area contributed by atoms with Gasteiger partial charge in [-0.15, -0.1) is 0 Å². The number of hydrogen-bond donors (Lipinski definition) is 1. The number of hydrogen-bond acceptors (Lipinski definition) is 3. The summed E-state index contributed by atoms with van der Waals surface area (Å²) in [6.45, 7) is 14.6. The molecule has 5 heteroatoms. The first-order valence-corrected chi connectivity index (χ1v) is 12.9. The molecule has 0 bridgehead atoms. The summed E-state index contributed by atoms with van der Waals surface area (Å²) in [6.07, 6.45) is 16.5. The van der Waals surface area contributed by atoms with Gasteiger partial charge in [0.2, 0.25) is 11.9 Å². The molecule has 196 valence electrons. The van der Waals surface area contributed by atoms with E-state index in [0.29, 0.717) is 0 Å². The summed E-state index contributed by atoms with van der Waals surface area (Å²) >= 11 is 0. The Morgan fingerprint density at radius 3 is 2.41 bits per heavy atom. The predicted octanol–water partition coefficient (Wildman–Crippen LogP) is 8.51. The lowest BCUT2D eigenvalue weighted by Gasteiger charge is -2.37. The molecule has 2 aromatic rings. The van der Waals surface area contributed by atoms with E-state index < -0.39 is 5.95 Å². The minimum atomic E-state index is -0.553. The van der Waals surface area contributed by atoms with E-state index in [2.05, 4.69) is 55.1 Å². The number of aromatic nitrogens is 2. The van der Waals surface area contributed by atoms with Crippen LogP contribution in [0, 0.1) is 11.4 Å². The number of nitrogens with one attached hydrogen (secondary N) is 1. The van der Waals surface area contributed by atoms with Gasteiger partial charge in [-0.05, 0) is 62.3 Å². The fraction of sp³-hybridized carbons (Fsp3) is 0.344. The molecule has 1 aromatic heterocycles. The second-order valence-electron chi connectivity index (χ2n) is 9.68. The molecule has 0 spiro atoms. The highest BCUT2D eigenvalue weighted by atomic mass is 19.1. The van der Waals surface area contributed by atoms with Crippen molar-refractivity contribution < 1.29 is 9.18 Å². The van der Waals surface area contributed by atoms with E-state index in [1.165, 1.54) is 17.3 Å². The quantitative estimate of drug-likeness (QED) is 0.306. The molecule has 0 radical (unpaired) electrons. The van der Waals surface area contributed by atoms with Crippen molar-refractivity contribution in [2.45, 2.75) is 67.2 Å². The molecule has 1 aromatic carbocycles. The average Bonchev–Trinajstić information content (AvgIpc) is 2.86. The van der Waals surface area contributed by atoms with Gasteiger partial charge in [-0.25, -0.2) is 4.98 Å².